The van der Waals surface area contributed by atoms with Gasteiger partial charge in [-0.05, 0) is 93.5 Å². The monoisotopic (exact) mass is 741 g/mol. The van der Waals surface area contributed by atoms with E-state index in [0.29, 0.717) is 0 Å². The molecule has 11 rings (SSSR count). The summed E-state index contributed by atoms with van der Waals surface area (Å²) in [4.78, 5) is 17.4. The van der Waals surface area contributed by atoms with E-state index < -0.39 is 0 Å². The summed E-state index contributed by atoms with van der Waals surface area (Å²) in [6.45, 7) is 19.0. The van der Waals surface area contributed by atoms with Gasteiger partial charge in [0.2, 0.25) is 0 Å². The maximum atomic E-state index is 5.14. The maximum absolute atomic E-state index is 5.14. The Morgan fingerprint density at radius 3 is 1.53 bits per heavy atom. The van der Waals surface area contributed by atoms with Crippen LogP contribution in [0.25, 0.3) is 0 Å². The zero-order chi connectivity index (χ0) is 39.2. The predicted molar refractivity (Wildman–Crippen MR) is 235 cm³/mol. The van der Waals surface area contributed by atoms with Gasteiger partial charge in [0.1, 0.15) is 11.6 Å². The fourth-order valence-electron chi connectivity index (χ4n) is 10.8. The molecule has 0 unspecified atom stereocenters. The lowest BCUT2D eigenvalue weighted by Crippen LogP contribution is -2.38. The number of hydrogen-bond acceptors (Lipinski definition) is 5. The third-order valence-electron chi connectivity index (χ3n) is 13.9. The molecular formula is C52H47N5. The van der Waals surface area contributed by atoms with Crippen LogP contribution in [0.1, 0.15) is 99.9 Å². The van der Waals surface area contributed by atoms with Gasteiger partial charge in [-0.3, -0.25) is 9.80 Å². The van der Waals surface area contributed by atoms with Crippen molar-refractivity contribution in [1.82, 2.24) is 9.97 Å². The topological polar surface area (TPSA) is 35.5 Å². The molecule has 4 aliphatic rings. The van der Waals surface area contributed by atoms with Crippen LogP contribution in [0.3, 0.4) is 0 Å². The quantitative estimate of drug-likeness (QED) is 0.176. The summed E-state index contributed by atoms with van der Waals surface area (Å²) in [6, 6.07) is 47.4. The molecule has 5 nitrogen and oxygen atoms in total. The van der Waals surface area contributed by atoms with Crippen LogP contribution in [0.4, 0.5) is 51.4 Å². The van der Waals surface area contributed by atoms with Crippen LogP contribution in [0.15, 0.2) is 140 Å². The van der Waals surface area contributed by atoms with Gasteiger partial charge in [0.25, 0.3) is 0 Å². The summed E-state index contributed by atoms with van der Waals surface area (Å²) >= 11 is 0. The first-order chi connectivity index (χ1) is 27.3. The molecule has 0 aliphatic carbocycles. The Labute approximate surface area is 336 Å². The van der Waals surface area contributed by atoms with Crippen molar-refractivity contribution in [3.63, 3.8) is 0 Å². The number of anilines is 9. The van der Waals surface area contributed by atoms with Crippen molar-refractivity contribution in [2.45, 2.75) is 77.0 Å². The number of pyridine rings is 2. The SMILES string of the molecule is CC1(C)c2ccccc2N(c2ccc3c(c2)N2c4ncccc4C(C)(C)c4cccc(c42)C3(C)C)c2cc3c(cc21)C(C)(C)c1ccccc1N3c1ccccn1. The van der Waals surface area contributed by atoms with Gasteiger partial charge < -0.3 is 4.90 Å². The molecule has 280 valence electrons. The molecule has 0 spiro atoms. The van der Waals surface area contributed by atoms with Crippen LogP contribution >= 0.6 is 0 Å². The van der Waals surface area contributed by atoms with E-state index in [2.05, 4.69) is 191 Å². The second kappa shape index (κ2) is 11.2. The summed E-state index contributed by atoms with van der Waals surface area (Å²) in [6.07, 6.45) is 3.84. The summed E-state index contributed by atoms with van der Waals surface area (Å²) in [5.74, 6) is 1.92. The van der Waals surface area contributed by atoms with E-state index >= 15 is 0 Å². The van der Waals surface area contributed by atoms with Gasteiger partial charge in [0, 0.05) is 45.3 Å². The van der Waals surface area contributed by atoms with Gasteiger partial charge in [0.05, 0.1) is 34.1 Å². The number of hydrogen-bond donors (Lipinski definition) is 0. The first-order valence-corrected chi connectivity index (χ1v) is 20.3. The molecule has 5 heteroatoms. The van der Waals surface area contributed by atoms with Crippen LogP contribution in [0.5, 0.6) is 0 Å². The van der Waals surface area contributed by atoms with Crippen LogP contribution in [0.2, 0.25) is 0 Å². The lowest BCUT2D eigenvalue weighted by molar-refractivity contribution is 0.594. The number of benzene rings is 5. The van der Waals surface area contributed by atoms with E-state index in [0.717, 1.165) is 23.0 Å². The van der Waals surface area contributed by atoms with Crippen LogP contribution in [-0.4, -0.2) is 9.97 Å². The molecule has 0 N–H and O–H groups in total. The van der Waals surface area contributed by atoms with E-state index in [1.165, 1.54) is 72.9 Å². The number of rotatable bonds is 2. The minimum absolute atomic E-state index is 0.196. The standard InChI is InChI=1S/C52H47N5/c1-49(2)35-26-25-32(29-43(35)57-47-36(49)19-15-20-37(47)52(7,8)38-21-16-28-54-48(38)57)55-41-22-11-9-17-33(41)50(3,4)39-30-40-45(31-44(39)55)56(46-24-13-14-27-53-46)42-23-12-10-18-34(42)51(40,5)6/h9-31H,1-8H3. The molecule has 7 aromatic rings. The molecule has 0 atom stereocenters. The molecule has 6 heterocycles. The molecule has 0 saturated carbocycles. The fourth-order valence-corrected chi connectivity index (χ4v) is 10.8. The van der Waals surface area contributed by atoms with Crippen molar-refractivity contribution in [1.29, 1.82) is 0 Å². The van der Waals surface area contributed by atoms with Crippen molar-refractivity contribution in [3.05, 3.63) is 184 Å². The second-order valence-corrected chi connectivity index (χ2v) is 18.4. The molecule has 0 amide bonds. The van der Waals surface area contributed by atoms with E-state index in [1.54, 1.807) is 0 Å². The van der Waals surface area contributed by atoms with Crippen molar-refractivity contribution in [2.24, 2.45) is 0 Å². The lowest BCUT2D eigenvalue weighted by Gasteiger charge is -2.49. The zero-order valence-electron chi connectivity index (χ0n) is 34.0. The van der Waals surface area contributed by atoms with E-state index in [-0.39, 0.29) is 21.7 Å². The van der Waals surface area contributed by atoms with Gasteiger partial charge in [-0.15, -0.1) is 0 Å². The van der Waals surface area contributed by atoms with Crippen molar-refractivity contribution >= 4 is 51.4 Å². The zero-order valence-corrected chi connectivity index (χ0v) is 34.0. The van der Waals surface area contributed by atoms with Gasteiger partial charge in [-0.2, -0.15) is 0 Å². The number of nitrogens with zero attached hydrogens (tertiary/aromatic N) is 5. The van der Waals surface area contributed by atoms with Gasteiger partial charge >= 0.3 is 0 Å². The highest BCUT2D eigenvalue weighted by atomic mass is 15.2. The molecule has 2 aromatic heterocycles. The van der Waals surface area contributed by atoms with Gasteiger partial charge in [-0.1, -0.05) is 128 Å². The summed E-state index contributed by atoms with van der Waals surface area (Å²) < 4.78 is 0. The van der Waals surface area contributed by atoms with E-state index in [9.17, 15) is 0 Å². The Morgan fingerprint density at radius 1 is 0.351 bits per heavy atom. The second-order valence-electron chi connectivity index (χ2n) is 18.4. The Bertz CT molecular complexity index is 2820. The summed E-state index contributed by atoms with van der Waals surface area (Å²) in [7, 11) is 0. The number of para-hydroxylation sites is 3. The lowest BCUT2D eigenvalue weighted by atomic mass is 9.67. The van der Waals surface area contributed by atoms with Crippen molar-refractivity contribution in [2.75, 3.05) is 14.7 Å². The molecule has 0 radical (unpaired) electrons. The molecule has 5 aromatic carbocycles. The average molecular weight is 742 g/mol. The Balaban J connectivity index is 1.19. The fraction of sp³-hybridized carbons (Fsp3) is 0.231. The predicted octanol–water partition coefficient (Wildman–Crippen LogP) is 13.4. The minimum Gasteiger partial charge on any atom is -0.310 e. The third kappa shape index (κ3) is 4.35. The normalized spacial score (nSPS) is 17.9. The molecule has 4 aliphatic heterocycles. The highest BCUT2D eigenvalue weighted by Crippen LogP contribution is 2.62. The van der Waals surface area contributed by atoms with Crippen molar-refractivity contribution in [3.8, 4) is 0 Å². The smallest absolute Gasteiger partial charge is 0.141 e. The maximum Gasteiger partial charge on any atom is 0.141 e. The van der Waals surface area contributed by atoms with Crippen LogP contribution in [-0.2, 0) is 21.7 Å². The average Bonchev–Trinajstić information content (AvgIpc) is 3.21. The first-order valence-electron chi connectivity index (χ1n) is 20.3. The van der Waals surface area contributed by atoms with Gasteiger partial charge in [-0.25, -0.2) is 9.97 Å². The Kier molecular flexibility index (Phi) is 6.71. The van der Waals surface area contributed by atoms with Crippen LogP contribution in [0, 0.1) is 0 Å². The highest BCUT2D eigenvalue weighted by Gasteiger charge is 2.47. The van der Waals surface area contributed by atoms with Gasteiger partial charge in [0.15, 0.2) is 0 Å². The first kappa shape index (κ1) is 34.1. The Morgan fingerprint density at radius 2 is 0.860 bits per heavy atom. The van der Waals surface area contributed by atoms with E-state index in [1.807, 2.05) is 18.5 Å². The minimum atomic E-state index is -0.258. The number of fused-ring (bicyclic) bond motifs is 8. The Hall–Kier alpha value is -6.20. The molecule has 0 saturated heterocycles. The highest BCUT2D eigenvalue weighted by molar-refractivity contribution is 5.96. The van der Waals surface area contributed by atoms with Crippen LogP contribution < -0.4 is 14.7 Å². The van der Waals surface area contributed by atoms with E-state index in [4.69, 9.17) is 9.97 Å². The number of aromatic nitrogens is 2. The third-order valence-corrected chi connectivity index (χ3v) is 13.9. The molecule has 0 bridgehead atoms. The molecular weight excluding hydrogens is 695 g/mol. The summed E-state index contributed by atoms with van der Waals surface area (Å²) in [5.41, 5.74) is 17.8. The van der Waals surface area contributed by atoms with Crippen molar-refractivity contribution < 1.29 is 0 Å². The molecule has 0 fully saturated rings. The largest absolute Gasteiger partial charge is 0.310 e. The molecule has 57 heavy (non-hydrogen) atoms. The summed E-state index contributed by atoms with van der Waals surface area (Å²) in [5, 5.41) is 0.